The Kier molecular flexibility index (Phi) is 4.46. The lowest BCUT2D eigenvalue weighted by Gasteiger charge is -2.26. The summed E-state index contributed by atoms with van der Waals surface area (Å²) < 4.78 is 1.88. The molecule has 1 aliphatic carbocycles. The van der Waals surface area contributed by atoms with Crippen LogP contribution in [0.15, 0.2) is 24.5 Å². The van der Waals surface area contributed by atoms with E-state index in [4.69, 9.17) is 5.11 Å². The minimum atomic E-state index is -0.640. The van der Waals surface area contributed by atoms with Crippen LogP contribution in [-0.2, 0) is 18.3 Å². The Morgan fingerprint density at radius 1 is 1.26 bits per heavy atom. The predicted octanol–water partition coefficient (Wildman–Crippen LogP) is 3.22. The highest BCUT2D eigenvalue weighted by molar-refractivity contribution is 5.70. The van der Waals surface area contributed by atoms with Crippen LogP contribution < -0.4 is 0 Å². The van der Waals surface area contributed by atoms with Crippen LogP contribution in [0, 0.1) is 18.8 Å². The first-order valence-electron chi connectivity index (χ1n) is 8.20. The Hall–Kier alpha value is -2.17. The van der Waals surface area contributed by atoms with Gasteiger partial charge in [-0.2, -0.15) is 5.10 Å². The van der Waals surface area contributed by atoms with Crippen molar-refractivity contribution in [2.45, 2.75) is 39.0 Å². The van der Waals surface area contributed by atoms with Crippen LogP contribution in [-0.4, -0.2) is 25.8 Å². The number of hydrogen-bond donors (Lipinski definition) is 1. The molecule has 1 fully saturated rings. The van der Waals surface area contributed by atoms with E-state index in [9.17, 15) is 4.79 Å². The highest BCUT2D eigenvalue weighted by Gasteiger charge is 2.26. The maximum Gasteiger partial charge on any atom is 0.306 e. The third-order valence-electron chi connectivity index (χ3n) is 4.81. The molecule has 0 spiro atoms. The largest absolute Gasteiger partial charge is 0.481 e. The van der Waals surface area contributed by atoms with Crippen molar-refractivity contribution in [1.82, 2.24) is 14.8 Å². The van der Waals surface area contributed by atoms with E-state index in [1.807, 2.05) is 31.0 Å². The summed E-state index contributed by atoms with van der Waals surface area (Å²) in [6.07, 6.45) is 8.36. The fraction of sp³-hybridized carbons (Fsp3) is 0.500. The first-order valence-corrected chi connectivity index (χ1v) is 8.20. The Morgan fingerprint density at radius 3 is 2.61 bits per heavy atom. The topological polar surface area (TPSA) is 68.0 Å². The van der Waals surface area contributed by atoms with Crippen molar-refractivity contribution in [3.8, 4) is 11.3 Å². The van der Waals surface area contributed by atoms with E-state index in [0.717, 1.165) is 49.1 Å². The molecule has 122 valence electrons. The van der Waals surface area contributed by atoms with Gasteiger partial charge in [0.25, 0.3) is 0 Å². The van der Waals surface area contributed by atoms with Crippen LogP contribution in [0.5, 0.6) is 0 Å². The molecule has 1 saturated carbocycles. The summed E-state index contributed by atoms with van der Waals surface area (Å²) in [5.74, 6) is -0.220. The molecule has 0 atom stereocenters. The molecule has 2 heterocycles. The molecule has 2 aromatic heterocycles. The SMILES string of the molecule is Cc1cc(-c2cncc(C[C@H]3CC[C@H](C(=O)O)CC3)c2)n(C)n1. The van der Waals surface area contributed by atoms with Crippen molar-refractivity contribution in [3.05, 3.63) is 35.8 Å². The first kappa shape index (κ1) is 15.7. The van der Waals surface area contributed by atoms with E-state index in [0.29, 0.717) is 5.92 Å². The smallest absolute Gasteiger partial charge is 0.306 e. The number of aromatic nitrogens is 3. The second-order valence-electron chi connectivity index (χ2n) is 6.64. The monoisotopic (exact) mass is 313 g/mol. The highest BCUT2D eigenvalue weighted by atomic mass is 16.4. The summed E-state index contributed by atoms with van der Waals surface area (Å²) >= 11 is 0. The van der Waals surface area contributed by atoms with E-state index in [1.165, 1.54) is 5.56 Å². The average Bonchev–Trinajstić information content (AvgIpc) is 2.87. The quantitative estimate of drug-likeness (QED) is 0.941. The molecular weight excluding hydrogens is 290 g/mol. The van der Waals surface area contributed by atoms with Crippen LogP contribution in [0.4, 0.5) is 0 Å². The minimum Gasteiger partial charge on any atom is -0.481 e. The molecule has 5 nitrogen and oxygen atoms in total. The molecular formula is C18H23N3O2. The molecule has 23 heavy (non-hydrogen) atoms. The molecule has 0 amide bonds. The second-order valence-corrected chi connectivity index (χ2v) is 6.64. The van der Waals surface area contributed by atoms with E-state index < -0.39 is 5.97 Å². The number of aryl methyl sites for hydroxylation is 2. The average molecular weight is 313 g/mol. The summed E-state index contributed by atoms with van der Waals surface area (Å²) in [4.78, 5) is 15.4. The van der Waals surface area contributed by atoms with Crippen molar-refractivity contribution >= 4 is 5.97 Å². The lowest BCUT2D eigenvalue weighted by atomic mass is 9.79. The third-order valence-corrected chi connectivity index (χ3v) is 4.81. The van der Waals surface area contributed by atoms with Gasteiger partial charge in [0.1, 0.15) is 0 Å². The Labute approximate surface area is 136 Å². The fourth-order valence-electron chi connectivity index (χ4n) is 3.57. The maximum atomic E-state index is 11.0. The maximum absolute atomic E-state index is 11.0. The van der Waals surface area contributed by atoms with Crippen LogP contribution in [0.2, 0.25) is 0 Å². The van der Waals surface area contributed by atoms with Gasteiger partial charge in [0, 0.05) is 25.0 Å². The standard InChI is InChI=1S/C18H23N3O2/c1-12-7-17(21(2)20-12)16-9-14(10-19-11-16)8-13-3-5-15(6-4-13)18(22)23/h7,9-11,13,15H,3-6,8H2,1-2H3,(H,22,23)/t13-,15-. The van der Waals surface area contributed by atoms with E-state index >= 15 is 0 Å². The van der Waals surface area contributed by atoms with Gasteiger partial charge < -0.3 is 5.11 Å². The lowest BCUT2D eigenvalue weighted by molar-refractivity contribution is -0.143. The molecule has 0 aromatic carbocycles. The number of carboxylic acids is 1. The number of rotatable bonds is 4. The molecule has 0 unspecified atom stereocenters. The molecule has 0 saturated heterocycles. The van der Waals surface area contributed by atoms with Crippen molar-refractivity contribution in [2.75, 3.05) is 0 Å². The molecule has 3 rings (SSSR count). The zero-order valence-electron chi connectivity index (χ0n) is 13.7. The zero-order chi connectivity index (χ0) is 16.4. The highest BCUT2D eigenvalue weighted by Crippen LogP contribution is 2.31. The number of carbonyl (C=O) groups is 1. The van der Waals surface area contributed by atoms with Crippen molar-refractivity contribution in [3.63, 3.8) is 0 Å². The molecule has 1 N–H and O–H groups in total. The van der Waals surface area contributed by atoms with Gasteiger partial charge in [-0.05, 0) is 62.6 Å². The summed E-state index contributed by atoms with van der Waals surface area (Å²) in [5.41, 5.74) is 4.39. The number of aliphatic carboxylic acids is 1. The van der Waals surface area contributed by atoms with Crippen LogP contribution in [0.25, 0.3) is 11.3 Å². The molecule has 0 radical (unpaired) electrons. The molecule has 1 aliphatic rings. The Balaban J connectivity index is 1.69. The van der Waals surface area contributed by atoms with E-state index in [2.05, 4.69) is 22.2 Å². The summed E-state index contributed by atoms with van der Waals surface area (Å²) in [5, 5.41) is 13.5. The predicted molar refractivity (Wildman–Crippen MR) is 88.0 cm³/mol. The number of hydrogen-bond acceptors (Lipinski definition) is 3. The Bertz CT molecular complexity index is 700. The summed E-state index contributed by atoms with van der Waals surface area (Å²) in [6.45, 7) is 1.99. The van der Waals surface area contributed by atoms with Gasteiger partial charge >= 0.3 is 5.97 Å². The summed E-state index contributed by atoms with van der Waals surface area (Å²) in [7, 11) is 1.95. The van der Waals surface area contributed by atoms with Gasteiger partial charge in [-0.15, -0.1) is 0 Å². The lowest BCUT2D eigenvalue weighted by Crippen LogP contribution is -2.22. The van der Waals surface area contributed by atoms with Gasteiger partial charge in [-0.3, -0.25) is 14.5 Å². The molecule has 5 heteroatoms. The Morgan fingerprint density at radius 2 is 2.00 bits per heavy atom. The first-order chi connectivity index (χ1) is 11.0. The van der Waals surface area contributed by atoms with Crippen molar-refractivity contribution in [1.29, 1.82) is 0 Å². The number of pyridine rings is 1. The van der Waals surface area contributed by atoms with E-state index in [1.54, 1.807) is 0 Å². The number of nitrogens with zero attached hydrogens (tertiary/aromatic N) is 3. The van der Waals surface area contributed by atoms with Crippen LogP contribution in [0.3, 0.4) is 0 Å². The summed E-state index contributed by atoms with van der Waals surface area (Å²) in [6, 6.07) is 4.26. The minimum absolute atomic E-state index is 0.145. The van der Waals surface area contributed by atoms with Gasteiger partial charge in [0.2, 0.25) is 0 Å². The normalized spacial score (nSPS) is 21.3. The zero-order valence-corrected chi connectivity index (χ0v) is 13.7. The molecule has 0 bridgehead atoms. The van der Waals surface area contributed by atoms with Crippen molar-refractivity contribution < 1.29 is 9.90 Å². The van der Waals surface area contributed by atoms with E-state index in [-0.39, 0.29) is 5.92 Å². The van der Waals surface area contributed by atoms with Gasteiger partial charge in [0.05, 0.1) is 17.3 Å². The fourth-order valence-corrected chi connectivity index (χ4v) is 3.57. The number of carboxylic acid groups (broad SMARTS) is 1. The third kappa shape index (κ3) is 3.60. The van der Waals surface area contributed by atoms with Crippen LogP contribution in [0.1, 0.15) is 36.9 Å². The van der Waals surface area contributed by atoms with Gasteiger partial charge in [0.15, 0.2) is 0 Å². The van der Waals surface area contributed by atoms with Gasteiger partial charge in [-0.1, -0.05) is 0 Å². The van der Waals surface area contributed by atoms with Gasteiger partial charge in [-0.25, -0.2) is 0 Å². The van der Waals surface area contributed by atoms with Crippen molar-refractivity contribution in [2.24, 2.45) is 18.9 Å². The molecule has 0 aliphatic heterocycles. The molecule has 2 aromatic rings. The van der Waals surface area contributed by atoms with Crippen LogP contribution >= 0.6 is 0 Å². The second kappa shape index (κ2) is 6.52.